The number of carbonyl (C=O) groups is 1. The Labute approximate surface area is 165 Å². The molecule has 0 aliphatic heterocycles. The first-order valence-electron chi connectivity index (χ1n) is 9.60. The number of anilines is 1. The van der Waals surface area contributed by atoms with E-state index in [4.69, 9.17) is 4.74 Å². The molecule has 0 spiro atoms. The lowest BCUT2D eigenvalue weighted by molar-refractivity contribution is -0.140. The first-order chi connectivity index (χ1) is 13.4. The molecule has 1 aliphatic carbocycles. The van der Waals surface area contributed by atoms with Gasteiger partial charge in [-0.15, -0.1) is 0 Å². The van der Waals surface area contributed by atoms with Gasteiger partial charge in [0.25, 0.3) is 0 Å². The Kier molecular flexibility index (Phi) is 6.30. The molecule has 2 aromatic carbocycles. The second-order valence-corrected chi connectivity index (χ2v) is 7.61. The fourth-order valence-electron chi connectivity index (χ4n) is 3.33. The topological polar surface area (TPSA) is 38.3 Å². The molecular formula is C24H26FNO2. The third-order valence-electron chi connectivity index (χ3n) is 4.65. The molecule has 3 nitrogen and oxygen atoms in total. The van der Waals surface area contributed by atoms with E-state index in [0.29, 0.717) is 17.9 Å². The number of benzene rings is 2. The summed E-state index contributed by atoms with van der Waals surface area (Å²) in [6, 6.07) is 16.1. The Morgan fingerprint density at radius 3 is 2.46 bits per heavy atom. The van der Waals surface area contributed by atoms with Crippen LogP contribution in [0.3, 0.4) is 0 Å². The van der Waals surface area contributed by atoms with Crippen molar-refractivity contribution in [3.63, 3.8) is 0 Å². The molecule has 1 unspecified atom stereocenters. The van der Waals surface area contributed by atoms with Gasteiger partial charge in [-0.05, 0) is 55.2 Å². The zero-order valence-electron chi connectivity index (χ0n) is 16.5. The normalized spacial score (nSPS) is 16.8. The molecule has 1 atom stereocenters. The smallest absolute Gasteiger partial charge is 0.336 e. The van der Waals surface area contributed by atoms with Crippen molar-refractivity contribution >= 4 is 11.7 Å². The van der Waals surface area contributed by atoms with Crippen LogP contribution in [-0.4, -0.2) is 12.6 Å². The van der Waals surface area contributed by atoms with Gasteiger partial charge in [0.05, 0.1) is 12.2 Å². The molecule has 0 amide bonds. The van der Waals surface area contributed by atoms with E-state index in [1.54, 1.807) is 12.1 Å². The van der Waals surface area contributed by atoms with Gasteiger partial charge in [-0.2, -0.15) is 0 Å². The summed E-state index contributed by atoms with van der Waals surface area (Å²) in [4.78, 5) is 13.0. The van der Waals surface area contributed by atoms with Crippen molar-refractivity contribution in [1.82, 2.24) is 0 Å². The summed E-state index contributed by atoms with van der Waals surface area (Å²) in [5.41, 5.74) is 4.28. The summed E-state index contributed by atoms with van der Waals surface area (Å²) in [6.45, 7) is 6.45. The highest BCUT2D eigenvalue weighted by molar-refractivity contribution is 5.93. The van der Waals surface area contributed by atoms with Gasteiger partial charge >= 0.3 is 5.97 Å². The standard InChI is InChI=1S/C24H26FNO2/c1-16(2)15-28-24(27)23-21(18-7-5-4-6-8-18)13-17(3)14-22(23)26-20-11-9-19(25)10-12-20/h4-12,14,16,21,26H,13,15H2,1-3H3. The molecule has 0 aromatic heterocycles. The molecule has 2 aromatic rings. The lowest BCUT2D eigenvalue weighted by Crippen LogP contribution is -2.23. The number of carbonyl (C=O) groups excluding carboxylic acids is 1. The fourth-order valence-corrected chi connectivity index (χ4v) is 3.33. The summed E-state index contributed by atoms with van der Waals surface area (Å²) >= 11 is 0. The van der Waals surface area contributed by atoms with E-state index in [0.717, 1.165) is 17.7 Å². The van der Waals surface area contributed by atoms with Crippen LogP contribution in [0.2, 0.25) is 0 Å². The molecule has 0 saturated carbocycles. The SMILES string of the molecule is CC1=CC(Nc2ccc(F)cc2)=C(C(=O)OCC(C)C)C(c2ccccc2)C1. The quantitative estimate of drug-likeness (QED) is 0.642. The van der Waals surface area contributed by atoms with E-state index in [-0.39, 0.29) is 23.6 Å². The van der Waals surface area contributed by atoms with Gasteiger partial charge < -0.3 is 10.1 Å². The van der Waals surface area contributed by atoms with Crippen molar-refractivity contribution in [1.29, 1.82) is 0 Å². The highest BCUT2D eigenvalue weighted by Gasteiger charge is 2.30. The van der Waals surface area contributed by atoms with Crippen LogP contribution < -0.4 is 5.32 Å². The number of allylic oxidation sites excluding steroid dienone is 2. The highest BCUT2D eigenvalue weighted by Crippen LogP contribution is 2.38. The summed E-state index contributed by atoms with van der Waals surface area (Å²) in [7, 11) is 0. The summed E-state index contributed by atoms with van der Waals surface area (Å²) in [5, 5.41) is 3.29. The second kappa shape index (κ2) is 8.87. The van der Waals surface area contributed by atoms with Gasteiger partial charge in [-0.25, -0.2) is 9.18 Å². The van der Waals surface area contributed by atoms with E-state index in [1.807, 2.05) is 50.3 Å². The third kappa shape index (κ3) is 4.89. The van der Waals surface area contributed by atoms with Crippen molar-refractivity contribution in [2.45, 2.75) is 33.1 Å². The minimum Gasteiger partial charge on any atom is -0.462 e. The number of esters is 1. The van der Waals surface area contributed by atoms with Crippen LogP contribution in [0.25, 0.3) is 0 Å². The van der Waals surface area contributed by atoms with E-state index >= 15 is 0 Å². The van der Waals surface area contributed by atoms with Crippen LogP contribution in [0.15, 0.2) is 77.5 Å². The zero-order valence-corrected chi connectivity index (χ0v) is 16.5. The number of hydrogen-bond acceptors (Lipinski definition) is 3. The third-order valence-corrected chi connectivity index (χ3v) is 4.65. The van der Waals surface area contributed by atoms with E-state index in [1.165, 1.54) is 17.7 Å². The minimum absolute atomic E-state index is 0.0891. The average Bonchev–Trinajstić information content (AvgIpc) is 2.68. The largest absolute Gasteiger partial charge is 0.462 e. The molecule has 3 rings (SSSR count). The second-order valence-electron chi connectivity index (χ2n) is 7.61. The molecule has 0 heterocycles. The highest BCUT2D eigenvalue weighted by atomic mass is 19.1. The van der Waals surface area contributed by atoms with E-state index < -0.39 is 0 Å². The van der Waals surface area contributed by atoms with Gasteiger partial charge in [0, 0.05) is 17.3 Å². The first kappa shape index (κ1) is 19.9. The van der Waals surface area contributed by atoms with Gasteiger partial charge in [0.2, 0.25) is 0 Å². The maximum Gasteiger partial charge on any atom is 0.336 e. The minimum atomic E-state index is -0.309. The molecule has 28 heavy (non-hydrogen) atoms. The van der Waals surface area contributed by atoms with Crippen molar-refractivity contribution in [2.75, 3.05) is 11.9 Å². The molecule has 0 radical (unpaired) electrons. The predicted molar refractivity (Wildman–Crippen MR) is 110 cm³/mol. The molecule has 0 bridgehead atoms. The Bertz CT molecular complexity index is 883. The maximum atomic E-state index is 13.3. The average molecular weight is 379 g/mol. The van der Waals surface area contributed by atoms with Crippen LogP contribution >= 0.6 is 0 Å². The molecular weight excluding hydrogens is 353 g/mol. The number of rotatable bonds is 6. The van der Waals surface area contributed by atoms with Gasteiger partial charge in [0.1, 0.15) is 5.82 Å². The monoisotopic (exact) mass is 379 g/mol. The van der Waals surface area contributed by atoms with Gasteiger partial charge in [-0.1, -0.05) is 49.8 Å². The van der Waals surface area contributed by atoms with Crippen molar-refractivity contribution in [2.24, 2.45) is 5.92 Å². The molecule has 0 saturated heterocycles. The van der Waals surface area contributed by atoms with Crippen LogP contribution in [0.1, 0.15) is 38.7 Å². The van der Waals surface area contributed by atoms with Crippen molar-refractivity contribution in [3.8, 4) is 0 Å². The molecule has 1 N–H and O–H groups in total. The van der Waals surface area contributed by atoms with Crippen LogP contribution in [0.4, 0.5) is 10.1 Å². The van der Waals surface area contributed by atoms with E-state index in [9.17, 15) is 9.18 Å². The number of ether oxygens (including phenoxy) is 1. The summed E-state index contributed by atoms with van der Waals surface area (Å²) in [6.07, 6.45) is 2.74. The fraction of sp³-hybridized carbons (Fsp3) is 0.292. The Morgan fingerprint density at radius 1 is 1.14 bits per heavy atom. The zero-order chi connectivity index (χ0) is 20.1. The van der Waals surface area contributed by atoms with Gasteiger partial charge in [-0.3, -0.25) is 0 Å². The summed E-state index contributed by atoms with van der Waals surface area (Å²) in [5.74, 6) is -0.438. The molecule has 0 fully saturated rings. The maximum absolute atomic E-state index is 13.3. The lowest BCUT2D eigenvalue weighted by Gasteiger charge is -2.27. The van der Waals surface area contributed by atoms with Crippen molar-refractivity contribution < 1.29 is 13.9 Å². The Balaban J connectivity index is 2.02. The summed E-state index contributed by atoms with van der Waals surface area (Å²) < 4.78 is 18.9. The molecule has 1 aliphatic rings. The predicted octanol–water partition coefficient (Wildman–Crippen LogP) is 5.82. The molecule has 4 heteroatoms. The number of halogens is 1. The number of nitrogens with one attached hydrogen (secondary N) is 1. The Hall–Kier alpha value is -2.88. The lowest BCUT2D eigenvalue weighted by atomic mass is 9.81. The van der Waals surface area contributed by atoms with Gasteiger partial charge in [0.15, 0.2) is 0 Å². The van der Waals surface area contributed by atoms with Crippen LogP contribution in [0, 0.1) is 11.7 Å². The molecule has 146 valence electrons. The van der Waals surface area contributed by atoms with Crippen molar-refractivity contribution in [3.05, 3.63) is 88.9 Å². The van der Waals surface area contributed by atoms with Crippen LogP contribution in [-0.2, 0) is 9.53 Å². The van der Waals surface area contributed by atoms with Crippen LogP contribution in [0.5, 0.6) is 0 Å². The first-order valence-corrected chi connectivity index (χ1v) is 9.60. The van der Waals surface area contributed by atoms with E-state index in [2.05, 4.69) is 12.2 Å². The number of hydrogen-bond donors (Lipinski definition) is 1. The Morgan fingerprint density at radius 2 is 1.82 bits per heavy atom.